The van der Waals surface area contributed by atoms with E-state index in [0.29, 0.717) is 16.6 Å². The van der Waals surface area contributed by atoms with Gasteiger partial charge in [-0.15, -0.1) is 0 Å². The highest BCUT2D eigenvalue weighted by Gasteiger charge is 2.10. The van der Waals surface area contributed by atoms with Gasteiger partial charge in [0.15, 0.2) is 0 Å². The molecule has 0 bridgehead atoms. The number of hydrogen-bond donors (Lipinski definition) is 2. The molecule has 0 atom stereocenters. The van der Waals surface area contributed by atoms with Crippen molar-refractivity contribution in [2.45, 2.75) is 0 Å². The number of fused-ring (bicyclic) bond motifs is 1. The van der Waals surface area contributed by atoms with Crippen molar-refractivity contribution < 1.29 is 4.79 Å². The van der Waals surface area contributed by atoms with E-state index in [4.69, 9.17) is 17.3 Å². The molecule has 2 aromatic rings. The number of nitrogens with one attached hydrogen (secondary N) is 1. The Bertz CT molecular complexity index is 478. The van der Waals surface area contributed by atoms with Gasteiger partial charge in [-0.05, 0) is 11.6 Å². The number of aromatic amines is 1. The fourth-order valence-corrected chi connectivity index (χ4v) is 1.21. The van der Waals surface area contributed by atoms with E-state index in [9.17, 15) is 4.79 Å². The Balaban J connectivity index is 2.79. The van der Waals surface area contributed by atoms with E-state index >= 15 is 0 Å². The lowest BCUT2D eigenvalue weighted by molar-refractivity contribution is 0.100. The van der Waals surface area contributed by atoms with Crippen LogP contribution in [-0.4, -0.2) is 20.9 Å². The predicted molar refractivity (Wildman–Crippen MR) is 47.4 cm³/mol. The zero-order valence-corrected chi connectivity index (χ0v) is 7.17. The number of H-pyrrole nitrogens is 1. The van der Waals surface area contributed by atoms with Crippen LogP contribution in [0.1, 0.15) is 10.4 Å². The van der Waals surface area contributed by atoms with E-state index in [1.807, 2.05) is 0 Å². The molecule has 0 saturated carbocycles. The zero-order valence-electron chi connectivity index (χ0n) is 6.41. The largest absolute Gasteiger partial charge is 0.365 e. The van der Waals surface area contributed by atoms with Crippen LogP contribution < -0.4 is 5.73 Å². The molecule has 2 rings (SSSR count). The van der Waals surface area contributed by atoms with Gasteiger partial charge < -0.3 is 10.7 Å². The third-order valence-electron chi connectivity index (χ3n) is 1.65. The van der Waals surface area contributed by atoms with Crippen LogP contribution in [0.2, 0.25) is 5.28 Å². The Morgan fingerprint density at radius 1 is 1.62 bits per heavy atom. The van der Waals surface area contributed by atoms with Gasteiger partial charge >= 0.3 is 0 Å². The van der Waals surface area contributed by atoms with Gasteiger partial charge in [-0.1, -0.05) is 0 Å². The molecule has 66 valence electrons. The molecule has 0 spiro atoms. The molecule has 0 aliphatic heterocycles. The molecular formula is C7H5ClN4O. The van der Waals surface area contributed by atoms with Crippen LogP contribution in [0, 0.1) is 0 Å². The summed E-state index contributed by atoms with van der Waals surface area (Å²) in [5, 5.41) is 0.0922. The van der Waals surface area contributed by atoms with Crippen molar-refractivity contribution in [2.75, 3.05) is 0 Å². The molecule has 0 unspecified atom stereocenters. The lowest BCUT2D eigenvalue weighted by Crippen LogP contribution is -2.10. The Labute approximate surface area is 77.9 Å². The fourth-order valence-electron chi connectivity index (χ4n) is 1.08. The highest BCUT2D eigenvalue weighted by Crippen LogP contribution is 2.15. The van der Waals surface area contributed by atoms with Crippen molar-refractivity contribution in [3.8, 4) is 0 Å². The van der Waals surface area contributed by atoms with E-state index in [0.717, 1.165) is 0 Å². The van der Waals surface area contributed by atoms with Gasteiger partial charge in [0.25, 0.3) is 5.91 Å². The van der Waals surface area contributed by atoms with Gasteiger partial charge in [-0.2, -0.15) is 0 Å². The van der Waals surface area contributed by atoms with E-state index in [1.165, 1.54) is 12.4 Å². The maximum Gasteiger partial charge on any atom is 0.252 e. The summed E-state index contributed by atoms with van der Waals surface area (Å²) in [4.78, 5) is 21.3. The number of rotatable bonds is 1. The van der Waals surface area contributed by atoms with Gasteiger partial charge in [-0.25, -0.2) is 9.97 Å². The first-order valence-electron chi connectivity index (χ1n) is 3.48. The summed E-state index contributed by atoms with van der Waals surface area (Å²) < 4.78 is 0. The molecule has 0 aliphatic carbocycles. The Morgan fingerprint density at radius 2 is 2.38 bits per heavy atom. The first kappa shape index (κ1) is 8.00. The van der Waals surface area contributed by atoms with Crippen LogP contribution in [-0.2, 0) is 0 Å². The van der Waals surface area contributed by atoms with Crippen LogP contribution in [0.5, 0.6) is 0 Å². The molecule has 0 saturated heterocycles. The Kier molecular flexibility index (Phi) is 1.66. The SMILES string of the molecule is NC(=O)c1c[nH]c2cnc(Cl)nc12. The molecule has 1 amide bonds. The van der Waals surface area contributed by atoms with Crippen molar-refractivity contribution in [3.05, 3.63) is 23.2 Å². The summed E-state index contributed by atoms with van der Waals surface area (Å²) in [5.41, 5.74) is 6.52. The second-order valence-corrected chi connectivity index (χ2v) is 2.81. The van der Waals surface area contributed by atoms with Crippen molar-refractivity contribution in [1.29, 1.82) is 0 Å². The van der Waals surface area contributed by atoms with E-state index < -0.39 is 5.91 Å². The third-order valence-corrected chi connectivity index (χ3v) is 1.83. The first-order valence-corrected chi connectivity index (χ1v) is 3.85. The molecule has 2 heterocycles. The van der Waals surface area contributed by atoms with Gasteiger partial charge in [0, 0.05) is 6.20 Å². The third kappa shape index (κ3) is 1.23. The lowest BCUT2D eigenvalue weighted by atomic mass is 10.3. The quantitative estimate of drug-likeness (QED) is 0.659. The number of amides is 1. The topological polar surface area (TPSA) is 84.7 Å². The summed E-state index contributed by atoms with van der Waals surface area (Å²) in [6.45, 7) is 0. The number of nitrogens with zero attached hydrogens (tertiary/aromatic N) is 2. The average molecular weight is 197 g/mol. The summed E-state index contributed by atoms with van der Waals surface area (Å²) >= 11 is 5.56. The molecular weight excluding hydrogens is 192 g/mol. The molecule has 0 aliphatic rings. The van der Waals surface area contributed by atoms with Crippen LogP contribution in [0.25, 0.3) is 11.0 Å². The molecule has 0 radical (unpaired) electrons. The number of carbonyl (C=O) groups is 1. The number of halogens is 1. The van der Waals surface area contributed by atoms with Gasteiger partial charge in [0.2, 0.25) is 5.28 Å². The lowest BCUT2D eigenvalue weighted by Gasteiger charge is -1.91. The van der Waals surface area contributed by atoms with Gasteiger partial charge in [0.05, 0.1) is 17.3 Å². The second-order valence-electron chi connectivity index (χ2n) is 2.47. The van der Waals surface area contributed by atoms with Crippen molar-refractivity contribution in [2.24, 2.45) is 5.73 Å². The molecule has 0 aromatic carbocycles. The second kappa shape index (κ2) is 2.70. The number of primary amides is 1. The number of carbonyl (C=O) groups excluding carboxylic acids is 1. The van der Waals surface area contributed by atoms with E-state index in [2.05, 4.69) is 15.0 Å². The maximum atomic E-state index is 10.9. The smallest absolute Gasteiger partial charge is 0.252 e. The van der Waals surface area contributed by atoms with Crippen LogP contribution in [0.4, 0.5) is 0 Å². The highest BCUT2D eigenvalue weighted by atomic mass is 35.5. The van der Waals surface area contributed by atoms with Crippen LogP contribution in [0.15, 0.2) is 12.4 Å². The average Bonchev–Trinajstić information content (AvgIpc) is 2.46. The van der Waals surface area contributed by atoms with Crippen molar-refractivity contribution in [3.63, 3.8) is 0 Å². The number of hydrogen-bond acceptors (Lipinski definition) is 3. The molecule has 6 heteroatoms. The molecule has 3 N–H and O–H groups in total. The predicted octanol–water partition coefficient (Wildman–Crippen LogP) is 0.710. The fraction of sp³-hybridized carbons (Fsp3) is 0. The normalized spacial score (nSPS) is 10.5. The summed E-state index contributed by atoms with van der Waals surface area (Å²) in [6, 6.07) is 0. The number of aromatic nitrogens is 3. The minimum Gasteiger partial charge on any atom is -0.365 e. The monoisotopic (exact) mass is 196 g/mol. The van der Waals surface area contributed by atoms with E-state index in [1.54, 1.807) is 0 Å². The summed E-state index contributed by atoms with van der Waals surface area (Å²) in [5.74, 6) is -0.541. The summed E-state index contributed by atoms with van der Waals surface area (Å²) in [7, 11) is 0. The minimum absolute atomic E-state index is 0.0922. The zero-order chi connectivity index (χ0) is 9.42. The van der Waals surface area contributed by atoms with Gasteiger partial charge in [0.1, 0.15) is 5.52 Å². The first-order chi connectivity index (χ1) is 6.18. The standard InChI is InChI=1S/C7H5ClN4O/c8-7-11-2-4-5(12-7)3(1-10-4)6(9)13/h1-2,10H,(H2,9,13). The molecule has 5 nitrogen and oxygen atoms in total. The minimum atomic E-state index is -0.541. The Hall–Kier alpha value is -1.62. The highest BCUT2D eigenvalue weighted by molar-refractivity contribution is 6.28. The molecule has 2 aromatic heterocycles. The van der Waals surface area contributed by atoms with Crippen molar-refractivity contribution in [1.82, 2.24) is 15.0 Å². The maximum absolute atomic E-state index is 10.9. The van der Waals surface area contributed by atoms with E-state index in [-0.39, 0.29) is 5.28 Å². The van der Waals surface area contributed by atoms with Gasteiger partial charge in [-0.3, -0.25) is 4.79 Å². The van der Waals surface area contributed by atoms with Crippen LogP contribution >= 0.6 is 11.6 Å². The molecule has 0 fully saturated rings. The Morgan fingerprint density at radius 3 is 3.08 bits per heavy atom. The molecule has 13 heavy (non-hydrogen) atoms. The number of nitrogens with two attached hydrogens (primary N) is 1. The van der Waals surface area contributed by atoms with Crippen molar-refractivity contribution >= 4 is 28.5 Å². The van der Waals surface area contributed by atoms with Crippen LogP contribution in [0.3, 0.4) is 0 Å². The summed E-state index contributed by atoms with van der Waals surface area (Å²) in [6.07, 6.45) is 2.98.